The van der Waals surface area contributed by atoms with Crippen molar-refractivity contribution in [2.45, 2.75) is 64.5 Å². The normalized spacial score (nSPS) is 18.0. The van der Waals surface area contributed by atoms with Gasteiger partial charge < -0.3 is 19.4 Å². The number of likely N-dealkylation sites (tertiary alicyclic amines) is 1. The minimum absolute atomic E-state index is 0.0786. The van der Waals surface area contributed by atoms with E-state index in [-0.39, 0.29) is 23.6 Å². The first-order chi connectivity index (χ1) is 20.6. The molecule has 240 valence electrons. The molecule has 8 nitrogen and oxygen atoms in total. The number of fused-ring (bicyclic) bond motifs is 1. The highest BCUT2D eigenvalue weighted by Crippen LogP contribution is 2.42. The van der Waals surface area contributed by atoms with Crippen molar-refractivity contribution in [2.24, 2.45) is 11.0 Å². The molecule has 0 unspecified atom stereocenters. The second-order valence-corrected chi connectivity index (χ2v) is 11.5. The largest absolute Gasteiger partial charge is 0.453 e. The van der Waals surface area contributed by atoms with E-state index in [4.69, 9.17) is 15.7 Å². The standard InChI is InChI=1S/C30H36F6N6O2/c1-18-11-19(2)26-24(12-18)25(5-4-8-41(26)16-20-6-9-40(10-7-20)28(43)44-3)42(27(37)39-38)17-21-13-22(29(31,32)33)15-23(14-21)30(34,35)36/h11-15,20,25,37-38H,4-10,16-17H2,1-3H3/t25-/m1/s1. The summed E-state index contributed by atoms with van der Waals surface area (Å²) in [4.78, 5) is 17.2. The highest BCUT2D eigenvalue weighted by molar-refractivity contribution is 5.78. The van der Waals surface area contributed by atoms with Crippen molar-refractivity contribution < 1.29 is 35.9 Å². The van der Waals surface area contributed by atoms with Crippen LogP contribution in [0.15, 0.2) is 35.4 Å². The topological polar surface area (TPSA) is 96.1 Å². The highest BCUT2D eigenvalue weighted by Gasteiger charge is 2.38. The molecule has 0 saturated carbocycles. The van der Waals surface area contributed by atoms with Crippen LogP contribution in [0.1, 0.15) is 65.1 Å². The number of amides is 1. The van der Waals surface area contributed by atoms with Crippen LogP contribution in [-0.4, -0.2) is 55.1 Å². The van der Waals surface area contributed by atoms with Crippen LogP contribution in [-0.2, 0) is 23.6 Å². The SMILES string of the molecule is COC(=O)N1CCC(CN2CCC[C@@H](N(Cc3cc(C(F)(F)F)cc(C(F)(F)F)c3)C(=N)N=N)c3cc(C)cc(C)c32)CC1. The lowest BCUT2D eigenvalue weighted by molar-refractivity contribution is -0.143. The molecule has 1 atom stereocenters. The number of piperidine rings is 1. The van der Waals surface area contributed by atoms with Gasteiger partial charge in [0.05, 0.1) is 24.3 Å². The number of carbonyl (C=O) groups excluding carboxylic acids is 1. The summed E-state index contributed by atoms with van der Waals surface area (Å²) in [6, 6.07) is 4.72. The van der Waals surface area contributed by atoms with E-state index < -0.39 is 42.0 Å². The first-order valence-electron chi connectivity index (χ1n) is 14.3. The van der Waals surface area contributed by atoms with Gasteiger partial charge >= 0.3 is 18.4 Å². The molecule has 4 rings (SSSR count). The zero-order valence-corrected chi connectivity index (χ0v) is 24.8. The summed E-state index contributed by atoms with van der Waals surface area (Å²) in [5, 5.41) is 11.7. The van der Waals surface area contributed by atoms with Crippen molar-refractivity contribution in [3.05, 3.63) is 63.7 Å². The fraction of sp³-hybridized carbons (Fsp3) is 0.533. The molecule has 1 saturated heterocycles. The average molecular weight is 627 g/mol. The Morgan fingerprint density at radius 2 is 1.59 bits per heavy atom. The second kappa shape index (κ2) is 13.0. The molecule has 0 aliphatic carbocycles. The smallest absolute Gasteiger partial charge is 0.416 e. The van der Waals surface area contributed by atoms with Crippen LogP contribution in [0.4, 0.5) is 36.8 Å². The van der Waals surface area contributed by atoms with Gasteiger partial charge in [-0.1, -0.05) is 17.7 Å². The van der Waals surface area contributed by atoms with E-state index in [1.165, 1.54) is 12.0 Å². The average Bonchev–Trinajstić information content (AvgIpc) is 3.13. The summed E-state index contributed by atoms with van der Waals surface area (Å²) in [7, 11) is 1.35. The molecule has 2 aromatic rings. The van der Waals surface area contributed by atoms with E-state index in [1.54, 1.807) is 4.90 Å². The summed E-state index contributed by atoms with van der Waals surface area (Å²) < 4.78 is 86.5. The lowest BCUT2D eigenvalue weighted by Crippen LogP contribution is -2.42. The van der Waals surface area contributed by atoms with E-state index >= 15 is 0 Å². The van der Waals surface area contributed by atoms with Gasteiger partial charge in [0, 0.05) is 38.4 Å². The van der Waals surface area contributed by atoms with E-state index in [2.05, 4.69) is 10.0 Å². The molecule has 0 spiro atoms. The van der Waals surface area contributed by atoms with Crippen LogP contribution in [0.2, 0.25) is 0 Å². The molecule has 2 aromatic carbocycles. The molecule has 0 bridgehead atoms. The number of rotatable bonds is 5. The maximum absolute atomic E-state index is 13.6. The van der Waals surface area contributed by atoms with Crippen molar-refractivity contribution in [3.63, 3.8) is 0 Å². The Morgan fingerprint density at radius 3 is 2.14 bits per heavy atom. The van der Waals surface area contributed by atoms with Gasteiger partial charge in [-0.2, -0.15) is 26.3 Å². The Hall–Kier alpha value is -3.84. The van der Waals surface area contributed by atoms with Gasteiger partial charge in [-0.15, -0.1) is 5.11 Å². The summed E-state index contributed by atoms with van der Waals surface area (Å²) in [6.45, 7) is 5.86. The van der Waals surface area contributed by atoms with Crippen LogP contribution in [0.3, 0.4) is 0 Å². The quantitative estimate of drug-likeness (QED) is 0.153. The molecule has 44 heavy (non-hydrogen) atoms. The molecule has 1 amide bonds. The van der Waals surface area contributed by atoms with Gasteiger partial charge in [0.1, 0.15) is 0 Å². The number of guanidine groups is 1. The van der Waals surface area contributed by atoms with Crippen LogP contribution in [0.5, 0.6) is 0 Å². The van der Waals surface area contributed by atoms with Gasteiger partial charge in [-0.05, 0) is 80.3 Å². The third-order valence-corrected chi connectivity index (χ3v) is 8.34. The molecule has 0 aromatic heterocycles. The monoisotopic (exact) mass is 626 g/mol. The number of ether oxygens (including phenoxy) is 1. The number of anilines is 1. The maximum atomic E-state index is 13.6. The van der Waals surface area contributed by atoms with Gasteiger partial charge in [-0.3, -0.25) is 5.41 Å². The van der Waals surface area contributed by atoms with Gasteiger partial charge in [-0.25, -0.2) is 10.3 Å². The van der Waals surface area contributed by atoms with Crippen molar-refractivity contribution in [2.75, 3.05) is 38.2 Å². The predicted octanol–water partition coefficient (Wildman–Crippen LogP) is 7.93. The first kappa shape index (κ1) is 33.1. The number of methoxy groups -OCH3 is 1. The van der Waals surface area contributed by atoms with Gasteiger partial charge in [0.2, 0.25) is 5.96 Å². The maximum Gasteiger partial charge on any atom is 0.416 e. The Labute approximate surface area is 252 Å². The summed E-state index contributed by atoms with van der Waals surface area (Å²) >= 11 is 0. The summed E-state index contributed by atoms with van der Waals surface area (Å²) in [6.07, 6.45) is -7.76. The minimum atomic E-state index is -5.01. The Morgan fingerprint density at radius 1 is 0.977 bits per heavy atom. The number of hydrogen-bond acceptors (Lipinski definition) is 5. The number of hydrogen-bond donors (Lipinski definition) is 2. The van der Waals surface area contributed by atoms with Crippen LogP contribution < -0.4 is 4.90 Å². The van der Waals surface area contributed by atoms with Crippen molar-refractivity contribution in [1.29, 1.82) is 10.9 Å². The number of carbonyl (C=O) groups is 1. The molecule has 0 radical (unpaired) electrons. The van der Waals surface area contributed by atoms with Crippen LogP contribution >= 0.6 is 0 Å². The number of alkyl halides is 6. The predicted molar refractivity (Wildman–Crippen MR) is 152 cm³/mol. The third kappa shape index (κ3) is 7.44. The number of nitrogens with one attached hydrogen (secondary N) is 2. The van der Waals surface area contributed by atoms with Crippen LogP contribution in [0.25, 0.3) is 0 Å². The van der Waals surface area contributed by atoms with Gasteiger partial charge in [0.25, 0.3) is 0 Å². The minimum Gasteiger partial charge on any atom is -0.453 e. The molecule has 14 heteroatoms. The number of benzene rings is 2. The van der Waals surface area contributed by atoms with Crippen LogP contribution in [0, 0.1) is 30.7 Å². The van der Waals surface area contributed by atoms with Crippen molar-refractivity contribution >= 4 is 17.7 Å². The van der Waals surface area contributed by atoms with Crippen molar-refractivity contribution in [1.82, 2.24) is 9.80 Å². The van der Waals surface area contributed by atoms with Crippen molar-refractivity contribution in [3.8, 4) is 0 Å². The Bertz CT molecular complexity index is 1360. The number of halogens is 6. The summed E-state index contributed by atoms with van der Waals surface area (Å²) in [5.41, 5.74) is 7.93. The zero-order chi connectivity index (χ0) is 32.4. The molecular formula is C30H36F6N6O2. The lowest BCUT2D eigenvalue weighted by atomic mass is 9.93. The van der Waals surface area contributed by atoms with Gasteiger partial charge in [0.15, 0.2) is 0 Å². The third-order valence-electron chi connectivity index (χ3n) is 8.34. The molecule has 2 heterocycles. The first-order valence-corrected chi connectivity index (χ1v) is 14.3. The Balaban J connectivity index is 1.70. The highest BCUT2D eigenvalue weighted by atomic mass is 19.4. The molecule has 2 aliphatic heterocycles. The Kier molecular flexibility index (Phi) is 9.79. The number of aryl methyl sites for hydroxylation is 2. The number of nitrogens with zero attached hydrogens (tertiary/aromatic N) is 4. The second-order valence-electron chi connectivity index (χ2n) is 11.5. The fourth-order valence-electron chi connectivity index (χ4n) is 6.37. The fourth-order valence-corrected chi connectivity index (χ4v) is 6.37. The zero-order valence-electron chi connectivity index (χ0n) is 24.8. The molecule has 2 aliphatic rings. The molecule has 1 fully saturated rings. The van der Waals surface area contributed by atoms with E-state index in [0.717, 1.165) is 35.2 Å². The lowest BCUT2D eigenvalue weighted by Gasteiger charge is -2.37. The summed E-state index contributed by atoms with van der Waals surface area (Å²) in [5.74, 6) is -0.278. The van der Waals surface area contributed by atoms with E-state index in [9.17, 15) is 31.1 Å². The van der Waals surface area contributed by atoms with E-state index in [0.29, 0.717) is 51.2 Å². The van der Waals surface area contributed by atoms with E-state index in [1.807, 2.05) is 26.0 Å². The molecule has 2 N–H and O–H groups in total. The molecular weight excluding hydrogens is 590 g/mol.